The molecule has 0 aliphatic heterocycles. The second-order valence-corrected chi connectivity index (χ2v) is 8.71. The maximum absolute atomic E-state index is 12.7. The van der Waals surface area contributed by atoms with E-state index in [2.05, 4.69) is 27.7 Å². The molecule has 3 N–H and O–H groups in total. The van der Waals surface area contributed by atoms with Crippen molar-refractivity contribution in [3.05, 3.63) is 0 Å². The summed E-state index contributed by atoms with van der Waals surface area (Å²) in [4.78, 5) is 24.1. The molecule has 0 saturated heterocycles. The molecule has 0 aliphatic carbocycles. The lowest BCUT2D eigenvalue weighted by molar-refractivity contribution is -0.153. The number of rotatable bonds is 11. The molecular formula is C19H37NO4. The molecule has 5 heteroatoms. The van der Waals surface area contributed by atoms with Gasteiger partial charge in [-0.05, 0) is 51.4 Å². The summed E-state index contributed by atoms with van der Waals surface area (Å²) in [5, 5.41) is 9.28. The van der Waals surface area contributed by atoms with E-state index in [1.54, 1.807) is 20.8 Å². The summed E-state index contributed by atoms with van der Waals surface area (Å²) in [6.07, 6.45) is 1.61. The Bertz CT molecular complexity index is 439. The van der Waals surface area contributed by atoms with Crippen LogP contribution in [0.4, 0.5) is 0 Å². The topological polar surface area (TPSA) is 89.6 Å². The lowest BCUT2D eigenvalue weighted by Crippen LogP contribution is -2.51. The third-order valence-electron chi connectivity index (χ3n) is 5.40. The molecule has 2 unspecified atom stereocenters. The van der Waals surface area contributed by atoms with E-state index >= 15 is 0 Å². The molecule has 2 atom stereocenters. The van der Waals surface area contributed by atoms with E-state index in [0.717, 1.165) is 6.42 Å². The van der Waals surface area contributed by atoms with Gasteiger partial charge >= 0.3 is 5.97 Å². The van der Waals surface area contributed by atoms with E-state index in [0.29, 0.717) is 18.9 Å². The standard InChI is InChI=1S/C19H37NO4/c1-9-14(12-18(6,7)16(22)23)15(21)19(8,20)24-11-10-17(4,5)13(2)3/h13-14H,9-12,20H2,1-8H3,(H,22,23). The smallest absolute Gasteiger partial charge is 0.309 e. The maximum Gasteiger partial charge on any atom is 0.309 e. The van der Waals surface area contributed by atoms with Crippen LogP contribution in [0.25, 0.3) is 0 Å². The van der Waals surface area contributed by atoms with Crippen LogP contribution in [-0.2, 0) is 14.3 Å². The first kappa shape index (κ1) is 23.1. The summed E-state index contributed by atoms with van der Waals surface area (Å²) in [5.74, 6) is -1.06. The molecule has 0 heterocycles. The van der Waals surface area contributed by atoms with E-state index in [-0.39, 0.29) is 17.6 Å². The molecule has 0 rings (SSSR count). The Hall–Kier alpha value is -0.940. The van der Waals surface area contributed by atoms with Crippen molar-refractivity contribution in [1.29, 1.82) is 0 Å². The number of carboxylic acid groups (broad SMARTS) is 1. The highest BCUT2D eigenvalue weighted by molar-refractivity contribution is 5.89. The molecule has 0 aliphatic rings. The van der Waals surface area contributed by atoms with Crippen LogP contribution in [0, 0.1) is 22.7 Å². The number of hydrogen-bond acceptors (Lipinski definition) is 4. The Kier molecular flexibility index (Phi) is 8.10. The van der Waals surface area contributed by atoms with Crippen molar-refractivity contribution in [3.8, 4) is 0 Å². The van der Waals surface area contributed by atoms with Crippen LogP contribution >= 0.6 is 0 Å². The second-order valence-electron chi connectivity index (χ2n) is 8.71. The number of hydrogen-bond donors (Lipinski definition) is 2. The fraction of sp³-hybridized carbons (Fsp3) is 0.895. The lowest BCUT2D eigenvalue weighted by Gasteiger charge is -2.33. The molecule has 142 valence electrons. The van der Waals surface area contributed by atoms with Gasteiger partial charge in [-0.2, -0.15) is 0 Å². The first-order chi connectivity index (χ1) is 10.7. The average molecular weight is 344 g/mol. The Morgan fingerprint density at radius 1 is 1.12 bits per heavy atom. The van der Waals surface area contributed by atoms with Gasteiger partial charge < -0.3 is 9.84 Å². The van der Waals surface area contributed by atoms with Crippen LogP contribution in [0.1, 0.15) is 74.7 Å². The number of carbonyl (C=O) groups is 2. The summed E-state index contributed by atoms with van der Waals surface area (Å²) in [7, 11) is 0. The van der Waals surface area contributed by atoms with Crippen molar-refractivity contribution in [3.63, 3.8) is 0 Å². The zero-order valence-electron chi connectivity index (χ0n) is 16.7. The van der Waals surface area contributed by atoms with E-state index in [9.17, 15) is 14.7 Å². The quantitative estimate of drug-likeness (QED) is 0.556. The third kappa shape index (κ3) is 6.52. The van der Waals surface area contributed by atoms with Crippen molar-refractivity contribution >= 4 is 11.8 Å². The van der Waals surface area contributed by atoms with Gasteiger partial charge in [0, 0.05) is 12.5 Å². The van der Waals surface area contributed by atoms with Gasteiger partial charge in [0.05, 0.1) is 5.41 Å². The number of carbonyl (C=O) groups excluding carboxylic acids is 1. The maximum atomic E-state index is 12.7. The third-order valence-corrected chi connectivity index (χ3v) is 5.40. The van der Waals surface area contributed by atoms with Gasteiger partial charge in [0.15, 0.2) is 11.5 Å². The number of nitrogens with two attached hydrogens (primary N) is 1. The number of carboxylic acids is 1. The van der Waals surface area contributed by atoms with Crippen molar-refractivity contribution in [2.75, 3.05) is 6.61 Å². The summed E-state index contributed by atoms with van der Waals surface area (Å²) in [6.45, 7) is 15.8. The monoisotopic (exact) mass is 343 g/mol. The van der Waals surface area contributed by atoms with Crippen LogP contribution in [0.15, 0.2) is 0 Å². The Morgan fingerprint density at radius 2 is 1.62 bits per heavy atom. The number of Topliss-reactive ketones (excluding diaryl/α,β-unsaturated/α-hetero) is 1. The molecule has 0 bridgehead atoms. The molecule has 0 fully saturated rings. The Labute approximate surface area is 147 Å². The largest absolute Gasteiger partial charge is 0.481 e. The van der Waals surface area contributed by atoms with Gasteiger partial charge in [0.1, 0.15) is 0 Å². The molecule has 0 aromatic rings. The SMILES string of the molecule is CCC(CC(C)(C)C(=O)O)C(=O)C(C)(N)OCCC(C)(C)C(C)C. The number of ether oxygens (including phenoxy) is 1. The Morgan fingerprint density at radius 3 is 2.00 bits per heavy atom. The van der Waals surface area contributed by atoms with Crippen LogP contribution in [0.5, 0.6) is 0 Å². The van der Waals surface area contributed by atoms with E-state index in [4.69, 9.17) is 10.5 Å². The summed E-state index contributed by atoms with van der Waals surface area (Å²) >= 11 is 0. The molecule has 5 nitrogen and oxygen atoms in total. The minimum Gasteiger partial charge on any atom is -0.481 e. The number of aliphatic carboxylic acids is 1. The molecule has 0 radical (unpaired) electrons. The molecule has 0 spiro atoms. The van der Waals surface area contributed by atoms with Crippen LogP contribution in [0.3, 0.4) is 0 Å². The van der Waals surface area contributed by atoms with Gasteiger partial charge in [-0.25, -0.2) is 0 Å². The van der Waals surface area contributed by atoms with Crippen molar-refractivity contribution in [2.24, 2.45) is 28.4 Å². The van der Waals surface area contributed by atoms with Crippen LogP contribution < -0.4 is 5.73 Å². The van der Waals surface area contributed by atoms with Crippen molar-refractivity contribution < 1.29 is 19.4 Å². The summed E-state index contributed by atoms with van der Waals surface area (Å²) in [5.41, 5.74) is 3.87. The minimum atomic E-state index is -1.39. The van der Waals surface area contributed by atoms with Gasteiger partial charge in [0.25, 0.3) is 0 Å². The van der Waals surface area contributed by atoms with E-state index in [1.807, 2.05) is 6.92 Å². The first-order valence-electron chi connectivity index (χ1n) is 8.88. The van der Waals surface area contributed by atoms with Crippen molar-refractivity contribution in [2.45, 2.75) is 80.4 Å². The molecule has 0 aromatic heterocycles. The molecule has 24 heavy (non-hydrogen) atoms. The number of ketones is 1. The summed E-state index contributed by atoms with van der Waals surface area (Å²) < 4.78 is 5.72. The molecular weight excluding hydrogens is 306 g/mol. The molecule has 0 saturated carbocycles. The fourth-order valence-corrected chi connectivity index (χ4v) is 2.42. The van der Waals surface area contributed by atoms with Gasteiger partial charge in [-0.15, -0.1) is 0 Å². The predicted molar refractivity (Wildman–Crippen MR) is 96.6 cm³/mol. The van der Waals surface area contributed by atoms with Gasteiger partial charge in [-0.3, -0.25) is 15.3 Å². The second kappa shape index (κ2) is 8.43. The van der Waals surface area contributed by atoms with Gasteiger partial charge in [-0.1, -0.05) is 34.6 Å². The van der Waals surface area contributed by atoms with Crippen LogP contribution in [0.2, 0.25) is 0 Å². The fourth-order valence-electron chi connectivity index (χ4n) is 2.42. The lowest BCUT2D eigenvalue weighted by atomic mass is 9.78. The normalized spacial score (nSPS) is 16.8. The molecule has 0 aromatic carbocycles. The highest BCUT2D eigenvalue weighted by atomic mass is 16.5. The summed E-state index contributed by atoms with van der Waals surface area (Å²) in [6, 6.07) is 0. The van der Waals surface area contributed by atoms with Crippen LogP contribution in [-0.4, -0.2) is 29.2 Å². The van der Waals surface area contributed by atoms with E-state index < -0.39 is 23.0 Å². The zero-order valence-corrected chi connectivity index (χ0v) is 16.7. The van der Waals surface area contributed by atoms with E-state index in [1.165, 1.54) is 0 Å². The highest BCUT2D eigenvalue weighted by Gasteiger charge is 2.39. The highest BCUT2D eigenvalue weighted by Crippen LogP contribution is 2.32. The predicted octanol–water partition coefficient (Wildman–Crippen LogP) is 3.85. The Balaban J connectivity index is 4.88. The zero-order chi connectivity index (χ0) is 19.3. The van der Waals surface area contributed by atoms with Crippen molar-refractivity contribution in [1.82, 2.24) is 0 Å². The van der Waals surface area contributed by atoms with Gasteiger partial charge in [0.2, 0.25) is 0 Å². The molecule has 0 amide bonds. The first-order valence-corrected chi connectivity index (χ1v) is 8.88. The minimum absolute atomic E-state index is 0.106. The average Bonchev–Trinajstić information content (AvgIpc) is 2.43.